The van der Waals surface area contributed by atoms with Gasteiger partial charge in [0.15, 0.2) is 5.56 Å². The number of rotatable bonds is 4. The maximum Gasteiger partial charge on any atom is 0.458 e. The van der Waals surface area contributed by atoms with Crippen LogP contribution in [0.4, 0.5) is 39.0 Å². The van der Waals surface area contributed by atoms with Crippen LogP contribution in [0, 0.1) is 30.3 Å². The van der Waals surface area contributed by atoms with Gasteiger partial charge in [0, 0.05) is 0 Å². The lowest BCUT2D eigenvalue weighted by atomic mass is 10.0. The molecular formula is C8H2F5N3O6. The molecule has 1 aromatic carbocycles. The lowest BCUT2D eigenvalue weighted by molar-refractivity contribution is -0.409. The first kappa shape index (κ1) is 17.1. The minimum absolute atomic E-state index is 0.206. The summed E-state index contributed by atoms with van der Waals surface area (Å²) in [4.78, 5) is 26.7. The van der Waals surface area contributed by atoms with Gasteiger partial charge in [-0.3, -0.25) is 30.3 Å². The Morgan fingerprint density at radius 2 is 1.14 bits per heavy atom. The first-order valence-corrected chi connectivity index (χ1v) is 4.87. The third kappa shape index (κ3) is 2.75. The maximum atomic E-state index is 13.3. The van der Waals surface area contributed by atoms with Crippen molar-refractivity contribution in [1.29, 1.82) is 0 Å². The molecule has 0 fully saturated rings. The molecule has 0 radical (unpaired) electrons. The van der Waals surface area contributed by atoms with E-state index in [4.69, 9.17) is 0 Å². The molecule has 0 saturated carbocycles. The van der Waals surface area contributed by atoms with Crippen LogP contribution in [-0.2, 0) is 5.92 Å². The number of halogens is 5. The third-order valence-corrected chi connectivity index (χ3v) is 2.36. The SMILES string of the molecule is O=[N+]([O-])c1cc([N+](=O)[O-])c(C(F)(F)C(F)(F)F)c([N+](=O)[O-])c1. The Hall–Kier alpha value is -2.93. The highest BCUT2D eigenvalue weighted by Gasteiger charge is 2.64. The second kappa shape index (κ2) is 5.12. The number of nitrogens with zero attached hydrogens (tertiary/aromatic N) is 3. The molecule has 1 rings (SSSR count). The predicted molar refractivity (Wildman–Crippen MR) is 56.4 cm³/mol. The average Bonchev–Trinajstić information content (AvgIpc) is 2.35. The van der Waals surface area contributed by atoms with Crippen molar-refractivity contribution in [1.82, 2.24) is 0 Å². The molecule has 0 aliphatic carbocycles. The number of nitro groups is 3. The van der Waals surface area contributed by atoms with E-state index < -0.39 is 49.5 Å². The van der Waals surface area contributed by atoms with E-state index in [-0.39, 0.29) is 12.1 Å². The van der Waals surface area contributed by atoms with Crippen molar-refractivity contribution in [2.24, 2.45) is 0 Å². The normalized spacial score (nSPS) is 12.0. The van der Waals surface area contributed by atoms with E-state index in [0.717, 1.165) is 0 Å². The minimum atomic E-state index is -6.38. The summed E-state index contributed by atoms with van der Waals surface area (Å²) in [5.74, 6) is -5.95. The van der Waals surface area contributed by atoms with Gasteiger partial charge in [0.05, 0.1) is 26.9 Å². The van der Waals surface area contributed by atoms with Crippen molar-refractivity contribution in [3.63, 3.8) is 0 Å². The van der Waals surface area contributed by atoms with Crippen LogP contribution in [0.5, 0.6) is 0 Å². The Labute approximate surface area is 115 Å². The molecule has 0 bridgehead atoms. The zero-order chi connectivity index (χ0) is 17.5. The first-order valence-electron chi connectivity index (χ1n) is 4.87. The van der Waals surface area contributed by atoms with E-state index in [9.17, 15) is 52.3 Å². The summed E-state index contributed by atoms with van der Waals surface area (Å²) in [5, 5.41) is 31.7. The molecule has 0 aromatic heterocycles. The van der Waals surface area contributed by atoms with E-state index >= 15 is 0 Å². The number of non-ortho nitro benzene ring substituents is 1. The largest absolute Gasteiger partial charge is 0.458 e. The second-order valence-corrected chi connectivity index (χ2v) is 3.70. The second-order valence-electron chi connectivity index (χ2n) is 3.70. The van der Waals surface area contributed by atoms with Crippen molar-refractivity contribution in [3.8, 4) is 0 Å². The zero-order valence-electron chi connectivity index (χ0n) is 9.84. The number of hydrogen-bond acceptors (Lipinski definition) is 6. The average molecular weight is 331 g/mol. The third-order valence-electron chi connectivity index (χ3n) is 2.36. The Bertz CT molecular complexity index is 638. The van der Waals surface area contributed by atoms with E-state index in [1.165, 1.54) is 0 Å². The first-order chi connectivity index (χ1) is 9.80. The molecule has 0 amide bonds. The maximum absolute atomic E-state index is 13.3. The number of nitro benzene ring substituents is 3. The Kier molecular flexibility index (Phi) is 3.98. The Morgan fingerprint density at radius 3 is 1.36 bits per heavy atom. The summed E-state index contributed by atoms with van der Waals surface area (Å²) in [6, 6.07) is -0.413. The molecule has 9 nitrogen and oxygen atoms in total. The Balaban J connectivity index is 3.93. The minimum Gasteiger partial charge on any atom is -0.258 e. The van der Waals surface area contributed by atoms with E-state index in [1.54, 1.807) is 0 Å². The molecule has 0 atom stereocenters. The van der Waals surface area contributed by atoms with E-state index in [2.05, 4.69) is 0 Å². The molecule has 22 heavy (non-hydrogen) atoms. The number of alkyl halides is 5. The smallest absolute Gasteiger partial charge is 0.258 e. The predicted octanol–water partition coefficient (Wildman–Crippen LogP) is 3.07. The van der Waals surface area contributed by atoms with Crippen LogP contribution >= 0.6 is 0 Å². The van der Waals surface area contributed by atoms with Crippen molar-refractivity contribution < 1.29 is 36.7 Å². The number of hydrogen-bond donors (Lipinski definition) is 0. The van der Waals surface area contributed by atoms with Crippen LogP contribution in [0.2, 0.25) is 0 Å². The lowest BCUT2D eigenvalue weighted by Gasteiger charge is -2.19. The molecule has 1 aromatic rings. The topological polar surface area (TPSA) is 129 Å². The summed E-state index contributed by atoms with van der Waals surface area (Å²) in [6.07, 6.45) is -6.38. The molecule has 14 heteroatoms. The van der Waals surface area contributed by atoms with Crippen LogP contribution in [-0.4, -0.2) is 20.9 Å². The van der Waals surface area contributed by atoms with Gasteiger partial charge in [-0.15, -0.1) is 0 Å². The quantitative estimate of drug-likeness (QED) is 0.473. The molecule has 0 aliphatic rings. The van der Waals surface area contributed by atoms with Gasteiger partial charge in [0.1, 0.15) is 0 Å². The summed E-state index contributed by atoms with van der Waals surface area (Å²) in [7, 11) is 0. The molecule has 0 spiro atoms. The molecule has 0 N–H and O–H groups in total. The highest BCUT2D eigenvalue weighted by Crippen LogP contribution is 2.51. The van der Waals surface area contributed by atoms with E-state index in [0.29, 0.717) is 0 Å². The van der Waals surface area contributed by atoms with Gasteiger partial charge in [-0.2, -0.15) is 22.0 Å². The van der Waals surface area contributed by atoms with Gasteiger partial charge in [-0.1, -0.05) is 0 Å². The summed E-state index contributed by atoms with van der Waals surface area (Å²) in [6.45, 7) is 0. The van der Waals surface area contributed by atoms with E-state index in [1.807, 2.05) is 0 Å². The van der Waals surface area contributed by atoms with Crippen molar-refractivity contribution in [2.75, 3.05) is 0 Å². The molecule has 0 unspecified atom stereocenters. The van der Waals surface area contributed by atoms with Gasteiger partial charge in [0.2, 0.25) is 0 Å². The zero-order valence-corrected chi connectivity index (χ0v) is 9.84. The monoisotopic (exact) mass is 331 g/mol. The van der Waals surface area contributed by atoms with Crippen molar-refractivity contribution in [2.45, 2.75) is 12.1 Å². The molecule has 120 valence electrons. The summed E-state index contributed by atoms with van der Waals surface area (Å²) < 4.78 is 63.7. The molecular weight excluding hydrogens is 329 g/mol. The standard InChI is InChI=1S/C8H2F5N3O6/c9-7(10,8(11,12)13)6-4(15(19)20)1-3(14(17)18)2-5(6)16(21)22/h1-2H. The number of benzene rings is 1. The van der Waals surface area contributed by atoms with Crippen LogP contribution in [0.25, 0.3) is 0 Å². The highest BCUT2D eigenvalue weighted by molar-refractivity contribution is 5.62. The fourth-order valence-corrected chi connectivity index (χ4v) is 1.45. The van der Waals surface area contributed by atoms with Gasteiger partial charge in [-0.25, -0.2) is 0 Å². The molecule has 0 heterocycles. The van der Waals surface area contributed by atoms with Gasteiger partial charge in [-0.05, 0) is 0 Å². The summed E-state index contributed by atoms with van der Waals surface area (Å²) in [5.41, 5.74) is -8.10. The fraction of sp³-hybridized carbons (Fsp3) is 0.250. The van der Waals surface area contributed by atoms with Gasteiger partial charge < -0.3 is 0 Å². The van der Waals surface area contributed by atoms with Crippen molar-refractivity contribution >= 4 is 17.1 Å². The summed E-state index contributed by atoms with van der Waals surface area (Å²) >= 11 is 0. The molecule has 0 saturated heterocycles. The molecule has 0 aliphatic heterocycles. The van der Waals surface area contributed by atoms with Crippen LogP contribution in [0.1, 0.15) is 5.56 Å². The fourth-order valence-electron chi connectivity index (χ4n) is 1.45. The van der Waals surface area contributed by atoms with Crippen LogP contribution < -0.4 is 0 Å². The highest BCUT2D eigenvalue weighted by atomic mass is 19.4. The van der Waals surface area contributed by atoms with Crippen LogP contribution in [0.3, 0.4) is 0 Å². The van der Waals surface area contributed by atoms with Crippen molar-refractivity contribution in [3.05, 3.63) is 48.0 Å². The van der Waals surface area contributed by atoms with Crippen LogP contribution in [0.15, 0.2) is 12.1 Å². The van der Waals surface area contributed by atoms with Gasteiger partial charge in [0.25, 0.3) is 17.1 Å². The lowest BCUT2D eigenvalue weighted by Crippen LogP contribution is -2.35. The van der Waals surface area contributed by atoms with Gasteiger partial charge >= 0.3 is 12.1 Å². The Morgan fingerprint density at radius 1 is 0.773 bits per heavy atom.